The van der Waals surface area contributed by atoms with Gasteiger partial charge in [-0.25, -0.2) is 4.57 Å². The molecule has 0 radical (unpaired) electrons. The molecule has 0 heterocycles. The van der Waals surface area contributed by atoms with Gasteiger partial charge in [0.05, 0.1) is 19.6 Å². The third-order valence-electron chi connectivity index (χ3n) is 3.56. The minimum Gasteiger partial charge on any atom is -0.466 e. The molecule has 0 fully saturated rings. The summed E-state index contributed by atoms with van der Waals surface area (Å²) in [7, 11) is -4.21. The molecule has 0 aliphatic carbocycles. The lowest BCUT2D eigenvalue weighted by Gasteiger charge is -2.25. The van der Waals surface area contributed by atoms with Crippen LogP contribution in [0.4, 0.5) is 0 Å². The van der Waals surface area contributed by atoms with Crippen LogP contribution in [0.15, 0.2) is 60.7 Å². The van der Waals surface area contributed by atoms with E-state index in [4.69, 9.17) is 18.5 Å². The minimum absolute atomic E-state index is 0.0504. The van der Waals surface area contributed by atoms with E-state index in [1.165, 1.54) is 0 Å². The lowest BCUT2D eigenvalue weighted by molar-refractivity contribution is -0.149. The summed E-state index contributed by atoms with van der Waals surface area (Å²) in [6.07, 6.45) is -0.496. The molecule has 1 atom stereocenters. The van der Waals surface area contributed by atoms with Gasteiger partial charge < -0.3 is 18.5 Å². The van der Waals surface area contributed by atoms with Crippen molar-refractivity contribution in [3.63, 3.8) is 0 Å². The summed E-state index contributed by atoms with van der Waals surface area (Å²) in [6, 6.07) is 16.6. The first-order valence-electron chi connectivity index (χ1n) is 8.89. The van der Waals surface area contributed by atoms with Gasteiger partial charge in [-0.15, -0.1) is 0 Å². The third-order valence-corrected chi connectivity index (χ3v) is 5.64. The smallest absolute Gasteiger partial charge is 0.445 e. The van der Waals surface area contributed by atoms with E-state index in [9.17, 15) is 14.2 Å². The molecule has 0 aromatic heterocycles. The van der Waals surface area contributed by atoms with E-state index in [1.54, 1.807) is 74.5 Å². The Balaban J connectivity index is 2.42. The molecule has 0 aliphatic rings. The lowest BCUT2D eigenvalue weighted by atomic mass is 10.3. The van der Waals surface area contributed by atoms with Crippen molar-refractivity contribution < 1.29 is 32.7 Å². The SMILES string of the molecule is CCOC(=O)CC(C(=O)OCC)P(=O)(Oc1ccccc1)Oc1ccccc1. The van der Waals surface area contributed by atoms with E-state index in [1.807, 2.05) is 0 Å². The molecule has 2 aromatic rings. The molecule has 0 spiro atoms. The fourth-order valence-electron chi connectivity index (χ4n) is 2.34. The van der Waals surface area contributed by atoms with Gasteiger partial charge in [-0.2, -0.15) is 0 Å². The van der Waals surface area contributed by atoms with Crippen LogP contribution in [-0.4, -0.2) is 30.8 Å². The number of rotatable bonds is 10. The van der Waals surface area contributed by atoms with E-state index in [2.05, 4.69) is 0 Å². The quantitative estimate of drug-likeness (QED) is 0.431. The van der Waals surface area contributed by atoms with Gasteiger partial charge in [0, 0.05) is 0 Å². The zero-order valence-corrected chi connectivity index (χ0v) is 16.7. The Hall–Kier alpha value is -2.79. The van der Waals surface area contributed by atoms with E-state index < -0.39 is 31.6 Å². The Morgan fingerprint density at radius 3 is 1.71 bits per heavy atom. The molecule has 0 N–H and O–H groups in total. The molecule has 0 saturated heterocycles. The van der Waals surface area contributed by atoms with E-state index in [-0.39, 0.29) is 24.7 Å². The summed E-state index contributed by atoms with van der Waals surface area (Å²) in [5, 5.41) is 0. The van der Waals surface area contributed by atoms with Crippen molar-refractivity contribution >= 4 is 19.5 Å². The average Bonchev–Trinajstić information content (AvgIpc) is 2.68. The number of benzene rings is 2. The third kappa shape index (κ3) is 6.13. The average molecular weight is 406 g/mol. The Bertz CT molecular complexity index is 762. The van der Waals surface area contributed by atoms with Crippen LogP contribution in [0.3, 0.4) is 0 Å². The van der Waals surface area contributed by atoms with Crippen LogP contribution < -0.4 is 9.05 Å². The van der Waals surface area contributed by atoms with Gasteiger partial charge >= 0.3 is 19.5 Å². The normalized spacial score (nSPS) is 11.9. The first-order valence-corrected chi connectivity index (χ1v) is 10.5. The van der Waals surface area contributed by atoms with Gasteiger partial charge in [-0.1, -0.05) is 36.4 Å². The number of esters is 2. The molecule has 0 aliphatic heterocycles. The lowest BCUT2D eigenvalue weighted by Crippen LogP contribution is -2.31. The minimum atomic E-state index is -4.21. The highest BCUT2D eigenvalue weighted by Crippen LogP contribution is 2.54. The van der Waals surface area contributed by atoms with Crippen molar-refractivity contribution in [1.82, 2.24) is 0 Å². The largest absolute Gasteiger partial charge is 0.466 e. The second kappa shape index (κ2) is 10.5. The Kier molecular flexibility index (Phi) is 8.08. The Morgan fingerprint density at radius 2 is 1.29 bits per heavy atom. The number of para-hydroxylation sites is 2. The van der Waals surface area contributed by atoms with Gasteiger partial charge in [-0.3, -0.25) is 9.59 Å². The predicted octanol–water partition coefficient (Wildman–Crippen LogP) is 4.22. The van der Waals surface area contributed by atoms with Gasteiger partial charge in [0.2, 0.25) is 0 Å². The van der Waals surface area contributed by atoms with Crippen molar-refractivity contribution in [2.24, 2.45) is 0 Å². The summed E-state index contributed by atoms with van der Waals surface area (Å²) in [5.41, 5.74) is -1.48. The van der Waals surface area contributed by atoms with Crippen LogP contribution in [0, 0.1) is 0 Å². The fourth-order valence-corrected chi connectivity index (χ4v) is 4.17. The Morgan fingerprint density at radius 1 is 0.821 bits per heavy atom. The van der Waals surface area contributed by atoms with Crippen LogP contribution in [0.2, 0.25) is 0 Å². The molecule has 2 aromatic carbocycles. The van der Waals surface area contributed by atoms with Crippen molar-refractivity contribution in [2.45, 2.75) is 25.9 Å². The highest BCUT2D eigenvalue weighted by atomic mass is 31.2. The maximum Gasteiger partial charge on any atom is 0.445 e. The van der Waals surface area contributed by atoms with Crippen molar-refractivity contribution in [3.05, 3.63) is 60.7 Å². The highest BCUT2D eigenvalue weighted by molar-refractivity contribution is 7.56. The standard InChI is InChI=1S/C20H23O7P/c1-3-24-19(21)15-18(20(22)25-4-2)28(23,26-16-11-7-5-8-12-16)27-17-13-9-6-10-14-17/h5-14,18H,3-4,15H2,1-2H3. The molecule has 7 nitrogen and oxygen atoms in total. The predicted molar refractivity (Wildman–Crippen MR) is 103 cm³/mol. The summed E-state index contributed by atoms with van der Waals surface area (Å²) in [5.74, 6) is -1.08. The van der Waals surface area contributed by atoms with Gasteiger partial charge in [0.15, 0.2) is 5.66 Å². The maximum absolute atomic E-state index is 13.8. The molecule has 2 rings (SSSR count). The summed E-state index contributed by atoms with van der Waals surface area (Å²) in [4.78, 5) is 24.6. The number of carbonyl (C=O) groups excluding carboxylic acids is 2. The number of ether oxygens (including phenoxy) is 2. The summed E-state index contributed by atoms with van der Waals surface area (Å²) < 4.78 is 35.0. The van der Waals surface area contributed by atoms with Crippen molar-refractivity contribution in [3.8, 4) is 11.5 Å². The van der Waals surface area contributed by atoms with Crippen molar-refractivity contribution in [1.29, 1.82) is 0 Å². The first-order chi connectivity index (χ1) is 13.5. The number of hydrogen-bond donors (Lipinski definition) is 0. The van der Waals surface area contributed by atoms with Crippen LogP contribution in [-0.2, 0) is 23.6 Å². The van der Waals surface area contributed by atoms with Crippen molar-refractivity contribution in [2.75, 3.05) is 13.2 Å². The van der Waals surface area contributed by atoms with Gasteiger partial charge in [-0.05, 0) is 38.1 Å². The molecule has 150 valence electrons. The van der Waals surface area contributed by atoms with Crippen LogP contribution in [0.25, 0.3) is 0 Å². The second-order valence-electron chi connectivity index (χ2n) is 5.63. The van der Waals surface area contributed by atoms with Gasteiger partial charge in [0.1, 0.15) is 11.5 Å². The maximum atomic E-state index is 13.8. The van der Waals surface area contributed by atoms with Gasteiger partial charge in [0.25, 0.3) is 0 Å². The highest BCUT2D eigenvalue weighted by Gasteiger charge is 2.47. The second-order valence-corrected chi connectivity index (χ2v) is 7.69. The molecule has 0 saturated carbocycles. The number of carbonyl (C=O) groups is 2. The molecular formula is C20H23O7P. The van der Waals surface area contributed by atoms with E-state index >= 15 is 0 Å². The van der Waals surface area contributed by atoms with Crippen LogP contribution in [0.5, 0.6) is 11.5 Å². The van der Waals surface area contributed by atoms with Crippen LogP contribution >= 0.6 is 7.60 Å². The molecule has 1 unspecified atom stereocenters. The van der Waals surface area contributed by atoms with Crippen LogP contribution in [0.1, 0.15) is 20.3 Å². The molecular weight excluding hydrogens is 383 g/mol. The molecule has 28 heavy (non-hydrogen) atoms. The van der Waals surface area contributed by atoms with E-state index in [0.717, 1.165) is 0 Å². The Labute approximate surface area is 164 Å². The van der Waals surface area contributed by atoms with E-state index in [0.29, 0.717) is 0 Å². The topological polar surface area (TPSA) is 88.1 Å². The molecule has 0 amide bonds. The zero-order chi connectivity index (χ0) is 20.4. The monoisotopic (exact) mass is 406 g/mol. The summed E-state index contributed by atoms with van der Waals surface area (Å²) in [6.45, 7) is 3.42. The summed E-state index contributed by atoms with van der Waals surface area (Å²) >= 11 is 0. The fraction of sp³-hybridized carbons (Fsp3) is 0.300. The molecule has 8 heteroatoms. The zero-order valence-electron chi connectivity index (χ0n) is 15.8. The first kappa shape index (κ1) is 21.5. The number of hydrogen-bond acceptors (Lipinski definition) is 7. The molecule has 0 bridgehead atoms.